The van der Waals surface area contributed by atoms with Crippen molar-refractivity contribution in [3.8, 4) is 22.9 Å². The van der Waals surface area contributed by atoms with Crippen molar-refractivity contribution in [2.24, 2.45) is 0 Å². The molecule has 2 aromatic carbocycles. The predicted molar refractivity (Wildman–Crippen MR) is 108 cm³/mol. The summed E-state index contributed by atoms with van der Waals surface area (Å²) in [6.45, 7) is 1.73. The lowest BCUT2D eigenvalue weighted by Gasteiger charge is -2.14. The number of hydrogen-bond donors (Lipinski definition) is 1. The summed E-state index contributed by atoms with van der Waals surface area (Å²) < 4.78 is 29.5. The highest BCUT2D eigenvalue weighted by Gasteiger charge is 2.21. The van der Waals surface area contributed by atoms with E-state index in [0.29, 0.717) is 32.0 Å². The van der Waals surface area contributed by atoms with Crippen molar-refractivity contribution in [1.82, 2.24) is 15.5 Å². The van der Waals surface area contributed by atoms with Crippen molar-refractivity contribution in [3.05, 3.63) is 57.2 Å². The number of nitrogens with zero attached hydrogens (tertiary/aromatic N) is 2. The summed E-state index contributed by atoms with van der Waals surface area (Å²) in [5, 5.41) is 6.71. The molecule has 3 aromatic rings. The van der Waals surface area contributed by atoms with E-state index in [1.807, 2.05) is 0 Å². The first-order valence-corrected chi connectivity index (χ1v) is 9.32. The lowest BCUT2D eigenvalue weighted by molar-refractivity contribution is 0.0931. The zero-order valence-corrected chi connectivity index (χ0v) is 17.5. The van der Waals surface area contributed by atoms with Gasteiger partial charge < -0.3 is 19.3 Å². The molecule has 0 aliphatic rings. The molecule has 3 rings (SSSR count). The summed E-state index contributed by atoms with van der Waals surface area (Å²) in [7, 11) is 3.04. The van der Waals surface area contributed by atoms with Crippen molar-refractivity contribution in [1.29, 1.82) is 0 Å². The Balaban J connectivity index is 1.77. The molecule has 0 spiro atoms. The number of nitrogens with one attached hydrogen (secondary N) is 1. The van der Waals surface area contributed by atoms with Gasteiger partial charge in [-0.3, -0.25) is 4.79 Å². The third kappa shape index (κ3) is 4.24. The van der Waals surface area contributed by atoms with Gasteiger partial charge in [0.15, 0.2) is 11.5 Å². The molecule has 0 fully saturated rings. The molecular formula is C19H17FIN3O4. The SMILES string of the molecule is COc1cc(I)c(C(=O)NC(C)c2nc(-c3ccc(F)cc3)no2)cc1OC. The normalized spacial score (nSPS) is 11.8. The number of rotatable bonds is 6. The minimum atomic E-state index is -0.530. The van der Waals surface area contributed by atoms with Gasteiger partial charge in [-0.05, 0) is 65.9 Å². The van der Waals surface area contributed by atoms with E-state index in [4.69, 9.17) is 14.0 Å². The van der Waals surface area contributed by atoms with E-state index in [9.17, 15) is 9.18 Å². The van der Waals surface area contributed by atoms with Crippen LogP contribution in [0.4, 0.5) is 4.39 Å². The Bertz CT molecular complexity index is 991. The van der Waals surface area contributed by atoms with Crippen LogP contribution in [-0.2, 0) is 0 Å². The maximum atomic E-state index is 13.0. The topological polar surface area (TPSA) is 86.5 Å². The molecule has 28 heavy (non-hydrogen) atoms. The molecule has 9 heteroatoms. The lowest BCUT2D eigenvalue weighted by Crippen LogP contribution is -2.27. The summed E-state index contributed by atoms with van der Waals surface area (Å²) in [6.07, 6.45) is 0. The number of methoxy groups -OCH3 is 2. The maximum Gasteiger partial charge on any atom is 0.253 e. The highest BCUT2D eigenvalue weighted by molar-refractivity contribution is 14.1. The standard InChI is InChI=1S/C19H17FIN3O4/c1-10(19-23-17(24-28-19)11-4-6-12(20)7-5-11)22-18(25)13-8-15(26-2)16(27-3)9-14(13)21/h4-10H,1-3H3,(H,22,25). The van der Waals surface area contributed by atoms with E-state index < -0.39 is 6.04 Å². The molecule has 1 N–H and O–H groups in total. The van der Waals surface area contributed by atoms with Gasteiger partial charge in [-0.1, -0.05) is 5.16 Å². The summed E-state index contributed by atoms with van der Waals surface area (Å²) in [5.74, 6) is 0.881. The van der Waals surface area contributed by atoms with E-state index in [1.54, 1.807) is 31.2 Å². The molecule has 1 atom stereocenters. The molecule has 0 aliphatic heterocycles. The van der Waals surface area contributed by atoms with Crippen LogP contribution in [0.1, 0.15) is 29.2 Å². The second-order valence-corrected chi connectivity index (χ2v) is 7.01. The van der Waals surface area contributed by atoms with Gasteiger partial charge in [0.05, 0.1) is 19.8 Å². The smallest absolute Gasteiger partial charge is 0.253 e. The molecular weight excluding hydrogens is 480 g/mol. The molecule has 1 unspecified atom stereocenters. The third-order valence-corrected chi connectivity index (χ3v) is 4.87. The number of halogens is 2. The Kier molecular flexibility index (Phi) is 6.12. The van der Waals surface area contributed by atoms with Crippen molar-refractivity contribution in [3.63, 3.8) is 0 Å². The first-order valence-electron chi connectivity index (χ1n) is 8.25. The van der Waals surface area contributed by atoms with E-state index >= 15 is 0 Å². The second-order valence-electron chi connectivity index (χ2n) is 5.85. The summed E-state index contributed by atoms with van der Waals surface area (Å²) >= 11 is 2.06. The molecule has 7 nitrogen and oxygen atoms in total. The average Bonchev–Trinajstić information content (AvgIpc) is 3.18. The average molecular weight is 497 g/mol. The quantitative estimate of drug-likeness (QED) is 0.519. The summed E-state index contributed by atoms with van der Waals surface area (Å²) in [4.78, 5) is 17.0. The van der Waals surface area contributed by atoms with E-state index in [1.165, 1.54) is 26.4 Å². The number of amides is 1. The molecule has 1 aromatic heterocycles. The van der Waals surface area contributed by atoms with Crippen LogP contribution in [0, 0.1) is 9.39 Å². The van der Waals surface area contributed by atoms with Crippen LogP contribution in [0.5, 0.6) is 11.5 Å². The van der Waals surface area contributed by atoms with Crippen LogP contribution in [0.3, 0.4) is 0 Å². The Morgan fingerprint density at radius 3 is 2.46 bits per heavy atom. The number of benzene rings is 2. The maximum absolute atomic E-state index is 13.0. The highest BCUT2D eigenvalue weighted by atomic mass is 127. The zero-order valence-electron chi connectivity index (χ0n) is 15.3. The van der Waals surface area contributed by atoms with E-state index in [-0.39, 0.29) is 17.6 Å². The van der Waals surface area contributed by atoms with Gasteiger partial charge in [-0.2, -0.15) is 4.98 Å². The zero-order chi connectivity index (χ0) is 20.3. The number of hydrogen-bond acceptors (Lipinski definition) is 6. The Morgan fingerprint density at radius 1 is 1.18 bits per heavy atom. The van der Waals surface area contributed by atoms with Crippen molar-refractivity contribution >= 4 is 28.5 Å². The van der Waals surface area contributed by atoms with Crippen molar-refractivity contribution in [2.45, 2.75) is 13.0 Å². The fourth-order valence-electron chi connectivity index (χ4n) is 2.49. The Labute approximate surface area is 174 Å². The fraction of sp³-hybridized carbons (Fsp3) is 0.211. The lowest BCUT2D eigenvalue weighted by atomic mass is 10.1. The minimum absolute atomic E-state index is 0.239. The first kappa shape index (κ1) is 20.1. The first-order chi connectivity index (χ1) is 13.4. The van der Waals surface area contributed by atoms with Crippen LogP contribution in [0.15, 0.2) is 40.9 Å². The predicted octanol–water partition coefficient (Wildman–Crippen LogP) is 3.99. The molecule has 0 bridgehead atoms. The molecule has 0 saturated carbocycles. The molecule has 1 heterocycles. The second kappa shape index (κ2) is 8.55. The van der Waals surface area contributed by atoms with E-state index in [0.717, 1.165) is 0 Å². The van der Waals surface area contributed by atoms with Gasteiger partial charge in [0.25, 0.3) is 5.91 Å². The number of aromatic nitrogens is 2. The van der Waals surface area contributed by atoms with Crippen molar-refractivity contribution < 1.29 is 23.2 Å². The van der Waals surface area contributed by atoms with Gasteiger partial charge in [0.1, 0.15) is 11.9 Å². The number of carbonyl (C=O) groups excluding carboxylic acids is 1. The Hall–Kier alpha value is -2.69. The third-order valence-electron chi connectivity index (χ3n) is 3.98. The van der Waals surface area contributed by atoms with Gasteiger partial charge in [0, 0.05) is 9.13 Å². The minimum Gasteiger partial charge on any atom is -0.493 e. The van der Waals surface area contributed by atoms with Gasteiger partial charge in [0.2, 0.25) is 11.7 Å². The summed E-state index contributed by atoms with van der Waals surface area (Å²) in [5.41, 5.74) is 1.05. The van der Waals surface area contributed by atoms with Gasteiger partial charge in [-0.15, -0.1) is 0 Å². The van der Waals surface area contributed by atoms with E-state index in [2.05, 4.69) is 38.0 Å². The van der Waals surface area contributed by atoms with Crippen molar-refractivity contribution in [2.75, 3.05) is 14.2 Å². The van der Waals surface area contributed by atoms with Crippen LogP contribution in [0.2, 0.25) is 0 Å². The van der Waals surface area contributed by atoms with Crippen LogP contribution in [-0.4, -0.2) is 30.3 Å². The fourth-order valence-corrected chi connectivity index (χ4v) is 3.18. The van der Waals surface area contributed by atoms with Gasteiger partial charge in [-0.25, -0.2) is 4.39 Å². The largest absolute Gasteiger partial charge is 0.493 e. The molecule has 0 radical (unpaired) electrons. The highest BCUT2D eigenvalue weighted by Crippen LogP contribution is 2.31. The molecule has 0 saturated heterocycles. The van der Waals surface area contributed by atoms with Gasteiger partial charge >= 0.3 is 0 Å². The van der Waals surface area contributed by atoms with Crippen LogP contribution < -0.4 is 14.8 Å². The van der Waals surface area contributed by atoms with Crippen LogP contribution >= 0.6 is 22.6 Å². The number of ether oxygens (including phenoxy) is 2. The number of carbonyl (C=O) groups is 1. The van der Waals surface area contributed by atoms with Crippen LogP contribution in [0.25, 0.3) is 11.4 Å². The molecule has 0 aliphatic carbocycles. The monoisotopic (exact) mass is 497 g/mol. The molecule has 1 amide bonds. The summed E-state index contributed by atoms with van der Waals surface area (Å²) in [6, 6.07) is 8.54. The Morgan fingerprint density at radius 2 is 1.82 bits per heavy atom. The molecule has 146 valence electrons.